The summed E-state index contributed by atoms with van der Waals surface area (Å²) in [5.74, 6) is 0. The minimum Gasteiger partial charge on any atom is -0.383 e. The molecule has 0 aliphatic heterocycles. The number of aryl methyl sites for hydroxylation is 1. The van der Waals surface area contributed by atoms with Crippen LogP contribution in [0.2, 0.25) is 0 Å². The third-order valence-electron chi connectivity index (χ3n) is 2.76. The Labute approximate surface area is 103 Å². The van der Waals surface area contributed by atoms with Gasteiger partial charge in [-0.25, -0.2) is 0 Å². The van der Waals surface area contributed by atoms with Crippen LogP contribution in [-0.2, 0) is 11.2 Å². The van der Waals surface area contributed by atoms with Crippen molar-refractivity contribution < 1.29 is 4.74 Å². The molecule has 1 heterocycles. The predicted molar refractivity (Wildman–Crippen MR) is 71.2 cm³/mol. The van der Waals surface area contributed by atoms with E-state index in [-0.39, 0.29) is 0 Å². The van der Waals surface area contributed by atoms with Gasteiger partial charge in [0.25, 0.3) is 0 Å². The Kier molecular flexibility index (Phi) is 6.03. The molecule has 0 aliphatic rings. The van der Waals surface area contributed by atoms with Gasteiger partial charge in [0.2, 0.25) is 0 Å². The van der Waals surface area contributed by atoms with E-state index in [0.717, 1.165) is 19.7 Å². The average Bonchev–Trinajstić information content (AvgIpc) is 2.75. The molecular weight excluding hydrogens is 218 g/mol. The molecule has 1 N–H and O–H groups in total. The summed E-state index contributed by atoms with van der Waals surface area (Å²) < 4.78 is 5.01. The SMILES string of the molecule is COCCNCC(C)(C)CCc1ccsc1. The highest BCUT2D eigenvalue weighted by Gasteiger charge is 2.16. The molecule has 0 unspecified atom stereocenters. The maximum atomic E-state index is 5.01. The van der Waals surface area contributed by atoms with Gasteiger partial charge in [0.1, 0.15) is 0 Å². The maximum Gasteiger partial charge on any atom is 0.0587 e. The van der Waals surface area contributed by atoms with Gasteiger partial charge in [-0.2, -0.15) is 11.3 Å². The Bertz CT molecular complexity index is 269. The monoisotopic (exact) mass is 241 g/mol. The van der Waals surface area contributed by atoms with E-state index in [1.807, 2.05) is 0 Å². The van der Waals surface area contributed by atoms with Crippen molar-refractivity contribution in [3.8, 4) is 0 Å². The fraction of sp³-hybridized carbons (Fsp3) is 0.692. The Morgan fingerprint density at radius 3 is 2.88 bits per heavy atom. The third kappa shape index (κ3) is 5.64. The number of hydrogen-bond donors (Lipinski definition) is 1. The van der Waals surface area contributed by atoms with Crippen LogP contribution in [0.5, 0.6) is 0 Å². The van der Waals surface area contributed by atoms with Gasteiger partial charge in [0.15, 0.2) is 0 Å². The van der Waals surface area contributed by atoms with E-state index in [1.165, 1.54) is 18.4 Å². The molecule has 0 radical (unpaired) electrons. The minimum atomic E-state index is 0.357. The lowest BCUT2D eigenvalue weighted by atomic mass is 9.86. The molecule has 0 aliphatic carbocycles. The van der Waals surface area contributed by atoms with E-state index in [9.17, 15) is 0 Å². The van der Waals surface area contributed by atoms with Crippen LogP contribution >= 0.6 is 11.3 Å². The quantitative estimate of drug-likeness (QED) is 0.707. The summed E-state index contributed by atoms with van der Waals surface area (Å²) in [4.78, 5) is 0. The van der Waals surface area contributed by atoms with E-state index in [1.54, 1.807) is 18.4 Å². The first kappa shape index (κ1) is 13.7. The lowest BCUT2D eigenvalue weighted by Crippen LogP contribution is -2.31. The lowest BCUT2D eigenvalue weighted by Gasteiger charge is -2.24. The molecule has 0 spiro atoms. The first-order chi connectivity index (χ1) is 7.64. The summed E-state index contributed by atoms with van der Waals surface area (Å²) in [5, 5.41) is 7.83. The molecule has 0 saturated heterocycles. The number of rotatable bonds is 8. The molecular formula is C13H23NOS. The van der Waals surface area contributed by atoms with E-state index in [4.69, 9.17) is 4.74 Å². The van der Waals surface area contributed by atoms with Gasteiger partial charge in [-0.05, 0) is 40.6 Å². The van der Waals surface area contributed by atoms with Crippen molar-refractivity contribution in [1.29, 1.82) is 0 Å². The molecule has 0 amide bonds. The standard InChI is InChI=1S/C13H23NOS/c1-13(2,11-14-7-8-15-3)6-4-12-5-9-16-10-12/h5,9-10,14H,4,6-8,11H2,1-3H3. The molecule has 16 heavy (non-hydrogen) atoms. The van der Waals surface area contributed by atoms with Crippen LogP contribution in [0.1, 0.15) is 25.8 Å². The molecule has 92 valence electrons. The maximum absolute atomic E-state index is 5.01. The number of nitrogens with one attached hydrogen (secondary N) is 1. The first-order valence-corrected chi connectivity index (χ1v) is 6.79. The van der Waals surface area contributed by atoms with Crippen LogP contribution in [0.15, 0.2) is 16.8 Å². The molecule has 0 saturated carbocycles. The van der Waals surface area contributed by atoms with Crippen LogP contribution < -0.4 is 5.32 Å². The van der Waals surface area contributed by atoms with Crippen LogP contribution in [0.25, 0.3) is 0 Å². The molecule has 0 atom stereocenters. The van der Waals surface area contributed by atoms with Crippen molar-refractivity contribution in [3.05, 3.63) is 22.4 Å². The number of ether oxygens (including phenoxy) is 1. The number of hydrogen-bond acceptors (Lipinski definition) is 3. The topological polar surface area (TPSA) is 21.3 Å². The molecule has 1 aromatic rings. The van der Waals surface area contributed by atoms with Crippen LogP contribution in [0.4, 0.5) is 0 Å². The summed E-state index contributed by atoms with van der Waals surface area (Å²) in [7, 11) is 1.74. The summed E-state index contributed by atoms with van der Waals surface area (Å²) in [6.45, 7) is 7.43. The number of methoxy groups -OCH3 is 1. The average molecular weight is 241 g/mol. The van der Waals surface area contributed by atoms with E-state index >= 15 is 0 Å². The molecule has 1 aromatic heterocycles. The molecule has 0 fully saturated rings. The Morgan fingerprint density at radius 1 is 1.44 bits per heavy atom. The highest BCUT2D eigenvalue weighted by molar-refractivity contribution is 7.07. The van der Waals surface area contributed by atoms with Gasteiger partial charge in [-0.3, -0.25) is 0 Å². The largest absolute Gasteiger partial charge is 0.383 e. The van der Waals surface area contributed by atoms with Crippen LogP contribution in [-0.4, -0.2) is 26.8 Å². The van der Waals surface area contributed by atoms with Crippen molar-refractivity contribution in [2.45, 2.75) is 26.7 Å². The Hall–Kier alpha value is -0.380. The second kappa shape index (κ2) is 7.05. The van der Waals surface area contributed by atoms with Gasteiger partial charge < -0.3 is 10.1 Å². The second-order valence-corrected chi connectivity index (χ2v) is 5.75. The Morgan fingerprint density at radius 2 is 2.25 bits per heavy atom. The molecule has 2 nitrogen and oxygen atoms in total. The zero-order chi connectivity index (χ0) is 11.9. The highest BCUT2D eigenvalue weighted by atomic mass is 32.1. The summed E-state index contributed by atoms with van der Waals surface area (Å²) in [6, 6.07) is 2.22. The van der Waals surface area contributed by atoms with Gasteiger partial charge in [0.05, 0.1) is 6.61 Å². The van der Waals surface area contributed by atoms with Gasteiger partial charge >= 0.3 is 0 Å². The zero-order valence-electron chi connectivity index (χ0n) is 10.6. The molecule has 0 aromatic carbocycles. The second-order valence-electron chi connectivity index (χ2n) is 4.97. The van der Waals surface area contributed by atoms with E-state index in [2.05, 4.69) is 36.0 Å². The fourth-order valence-electron chi connectivity index (χ4n) is 1.61. The van der Waals surface area contributed by atoms with Gasteiger partial charge in [-0.15, -0.1) is 0 Å². The molecule has 1 rings (SSSR count). The van der Waals surface area contributed by atoms with Crippen molar-refractivity contribution >= 4 is 11.3 Å². The normalized spacial score (nSPS) is 11.9. The van der Waals surface area contributed by atoms with Crippen LogP contribution in [0, 0.1) is 5.41 Å². The predicted octanol–water partition coefficient (Wildman–Crippen LogP) is 2.94. The molecule has 3 heteroatoms. The van der Waals surface area contributed by atoms with E-state index in [0.29, 0.717) is 5.41 Å². The number of thiophene rings is 1. The zero-order valence-corrected chi connectivity index (χ0v) is 11.4. The van der Waals surface area contributed by atoms with Crippen LogP contribution in [0.3, 0.4) is 0 Å². The first-order valence-electron chi connectivity index (χ1n) is 5.85. The summed E-state index contributed by atoms with van der Waals surface area (Å²) in [5.41, 5.74) is 1.82. The molecule has 0 bridgehead atoms. The third-order valence-corrected chi connectivity index (χ3v) is 3.49. The van der Waals surface area contributed by atoms with Crippen molar-refractivity contribution in [3.63, 3.8) is 0 Å². The van der Waals surface area contributed by atoms with Crippen molar-refractivity contribution in [2.75, 3.05) is 26.8 Å². The van der Waals surface area contributed by atoms with Crippen molar-refractivity contribution in [1.82, 2.24) is 5.32 Å². The summed E-state index contributed by atoms with van der Waals surface area (Å²) in [6.07, 6.45) is 2.41. The van der Waals surface area contributed by atoms with Crippen molar-refractivity contribution in [2.24, 2.45) is 5.41 Å². The smallest absolute Gasteiger partial charge is 0.0587 e. The summed E-state index contributed by atoms with van der Waals surface area (Å²) >= 11 is 1.78. The van der Waals surface area contributed by atoms with Gasteiger partial charge in [-0.1, -0.05) is 13.8 Å². The highest BCUT2D eigenvalue weighted by Crippen LogP contribution is 2.22. The Balaban J connectivity index is 2.17. The van der Waals surface area contributed by atoms with E-state index < -0.39 is 0 Å². The minimum absolute atomic E-state index is 0.357. The fourth-order valence-corrected chi connectivity index (χ4v) is 2.31. The van der Waals surface area contributed by atoms with Gasteiger partial charge in [0, 0.05) is 20.2 Å². The lowest BCUT2D eigenvalue weighted by molar-refractivity contribution is 0.193.